The first-order valence-electron chi connectivity index (χ1n) is 5.36. The molecule has 0 amide bonds. The standard InChI is InChI=1S/C14H10ClNO/c1-9-7-12-13(8-11(9)15)17-14(16-12)10-5-3-2-4-6-10/h2-8H,1H3. The molecule has 0 aliphatic heterocycles. The van der Waals surface area contributed by atoms with Gasteiger partial charge in [0.15, 0.2) is 5.58 Å². The van der Waals surface area contributed by atoms with Crippen molar-refractivity contribution in [3.63, 3.8) is 0 Å². The van der Waals surface area contributed by atoms with E-state index in [-0.39, 0.29) is 0 Å². The minimum Gasteiger partial charge on any atom is -0.436 e. The predicted octanol–water partition coefficient (Wildman–Crippen LogP) is 4.46. The van der Waals surface area contributed by atoms with Crippen LogP contribution >= 0.6 is 11.6 Å². The number of oxazole rings is 1. The normalized spacial score (nSPS) is 10.9. The number of aryl methyl sites for hydroxylation is 1. The van der Waals surface area contributed by atoms with Crippen molar-refractivity contribution in [1.29, 1.82) is 0 Å². The smallest absolute Gasteiger partial charge is 0.227 e. The molecule has 1 aromatic heterocycles. The SMILES string of the molecule is Cc1cc2nc(-c3ccccc3)oc2cc1Cl. The first-order valence-corrected chi connectivity index (χ1v) is 5.74. The monoisotopic (exact) mass is 243 g/mol. The van der Waals surface area contributed by atoms with Crippen LogP contribution in [0.2, 0.25) is 5.02 Å². The lowest BCUT2D eigenvalue weighted by molar-refractivity contribution is 0.620. The van der Waals surface area contributed by atoms with Gasteiger partial charge in [-0.2, -0.15) is 0 Å². The number of hydrogen-bond acceptors (Lipinski definition) is 2. The minimum atomic E-state index is 0.627. The van der Waals surface area contributed by atoms with E-state index in [1.165, 1.54) is 0 Å². The number of benzene rings is 2. The first kappa shape index (κ1) is 10.4. The van der Waals surface area contributed by atoms with Gasteiger partial charge in [-0.15, -0.1) is 0 Å². The summed E-state index contributed by atoms with van der Waals surface area (Å²) >= 11 is 6.06. The van der Waals surface area contributed by atoms with Gasteiger partial charge in [0.1, 0.15) is 5.52 Å². The summed E-state index contributed by atoms with van der Waals surface area (Å²) in [6.45, 7) is 1.96. The van der Waals surface area contributed by atoms with E-state index in [9.17, 15) is 0 Å². The Bertz CT molecular complexity index is 634. The molecule has 0 saturated heterocycles. The van der Waals surface area contributed by atoms with Crippen molar-refractivity contribution in [2.45, 2.75) is 6.92 Å². The molecule has 2 nitrogen and oxygen atoms in total. The van der Waals surface area contributed by atoms with Gasteiger partial charge in [-0.25, -0.2) is 4.98 Å². The molecule has 0 radical (unpaired) electrons. The molecule has 84 valence electrons. The minimum absolute atomic E-state index is 0.627. The van der Waals surface area contributed by atoms with Crippen LogP contribution in [0.25, 0.3) is 22.6 Å². The number of nitrogens with zero attached hydrogens (tertiary/aromatic N) is 1. The molecule has 3 aromatic rings. The van der Waals surface area contributed by atoms with Crippen LogP contribution in [0.15, 0.2) is 46.9 Å². The second-order valence-electron chi connectivity index (χ2n) is 3.95. The molecule has 0 N–H and O–H groups in total. The number of aromatic nitrogens is 1. The molecule has 0 saturated carbocycles. The maximum atomic E-state index is 6.06. The average Bonchev–Trinajstić information content (AvgIpc) is 2.74. The predicted molar refractivity (Wildman–Crippen MR) is 69.2 cm³/mol. The molecule has 0 aliphatic rings. The van der Waals surface area contributed by atoms with Crippen LogP contribution in [-0.2, 0) is 0 Å². The molecular formula is C14H10ClNO. The highest BCUT2D eigenvalue weighted by Crippen LogP contribution is 2.28. The summed E-state index contributed by atoms with van der Waals surface area (Å²) in [7, 11) is 0. The van der Waals surface area contributed by atoms with Crippen LogP contribution in [0, 0.1) is 6.92 Å². The number of rotatable bonds is 1. The molecular weight excluding hydrogens is 234 g/mol. The molecule has 1 heterocycles. The van der Waals surface area contributed by atoms with Gasteiger partial charge < -0.3 is 4.42 Å². The second kappa shape index (κ2) is 3.90. The van der Waals surface area contributed by atoms with Crippen molar-refractivity contribution in [1.82, 2.24) is 4.98 Å². The van der Waals surface area contributed by atoms with E-state index in [0.717, 1.165) is 22.2 Å². The van der Waals surface area contributed by atoms with Crippen molar-refractivity contribution in [2.75, 3.05) is 0 Å². The number of halogens is 1. The Kier molecular flexibility index (Phi) is 2.37. The number of hydrogen-bond donors (Lipinski definition) is 0. The average molecular weight is 244 g/mol. The van der Waals surface area contributed by atoms with Gasteiger partial charge in [0.2, 0.25) is 5.89 Å². The Labute approximate surface area is 104 Å². The summed E-state index contributed by atoms with van der Waals surface area (Å²) in [6.07, 6.45) is 0. The van der Waals surface area contributed by atoms with Crippen molar-refractivity contribution in [3.05, 3.63) is 53.1 Å². The Morgan fingerprint density at radius 1 is 1.12 bits per heavy atom. The van der Waals surface area contributed by atoms with Gasteiger partial charge in [0.25, 0.3) is 0 Å². The molecule has 0 spiro atoms. The molecule has 3 heteroatoms. The maximum absolute atomic E-state index is 6.06. The molecule has 17 heavy (non-hydrogen) atoms. The zero-order valence-corrected chi connectivity index (χ0v) is 10.0. The Morgan fingerprint density at radius 3 is 2.65 bits per heavy atom. The number of fused-ring (bicyclic) bond motifs is 1. The molecule has 0 bridgehead atoms. The van der Waals surface area contributed by atoms with Crippen LogP contribution < -0.4 is 0 Å². The van der Waals surface area contributed by atoms with Gasteiger partial charge >= 0.3 is 0 Å². The lowest BCUT2D eigenvalue weighted by Gasteiger charge is -1.94. The zero-order chi connectivity index (χ0) is 11.8. The third-order valence-corrected chi connectivity index (χ3v) is 3.10. The summed E-state index contributed by atoms with van der Waals surface area (Å²) in [5.74, 6) is 0.627. The molecule has 0 atom stereocenters. The molecule has 0 unspecified atom stereocenters. The summed E-state index contributed by atoms with van der Waals surface area (Å²) in [4.78, 5) is 4.46. The zero-order valence-electron chi connectivity index (χ0n) is 9.27. The van der Waals surface area contributed by atoms with E-state index in [1.54, 1.807) is 0 Å². The second-order valence-corrected chi connectivity index (χ2v) is 4.36. The van der Waals surface area contributed by atoms with E-state index < -0.39 is 0 Å². The van der Waals surface area contributed by atoms with Gasteiger partial charge in [-0.05, 0) is 30.7 Å². The lowest BCUT2D eigenvalue weighted by atomic mass is 10.2. The summed E-state index contributed by atoms with van der Waals surface area (Å²) < 4.78 is 5.69. The van der Waals surface area contributed by atoms with Crippen molar-refractivity contribution < 1.29 is 4.42 Å². The van der Waals surface area contributed by atoms with E-state index in [4.69, 9.17) is 16.0 Å². The van der Waals surface area contributed by atoms with Gasteiger partial charge in [0.05, 0.1) is 0 Å². The highest BCUT2D eigenvalue weighted by molar-refractivity contribution is 6.32. The molecule has 0 fully saturated rings. The van der Waals surface area contributed by atoms with Crippen molar-refractivity contribution >= 4 is 22.7 Å². The Balaban J connectivity index is 2.21. The maximum Gasteiger partial charge on any atom is 0.227 e. The summed E-state index contributed by atoms with van der Waals surface area (Å²) in [5.41, 5.74) is 3.54. The third kappa shape index (κ3) is 1.81. The molecule has 3 rings (SSSR count). The third-order valence-electron chi connectivity index (χ3n) is 2.69. The summed E-state index contributed by atoms with van der Waals surface area (Å²) in [6, 6.07) is 13.6. The first-order chi connectivity index (χ1) is 8.24. The van der Waals surface area contributed by atoms with Crippen LogP contribution in [0.4, 0.5) is 0 Å². The van der Waals surface area contributed by atoms with Crippen molar-refractivity contribution in [3.8, 4) is 11.5 Å². The fraction of sp³-hybridized carbons (Fsp3) is 0.0714. The fourth-order valence-corrected chi connectivity index (χ4v) is 1.91. The van der Waals surface area contributed by atoms with Gasteiger partial charge in [-0.1, -0.05) is 29.8 Å². The Hall–Kier alpha value is -1.80. The van der Waals surface area contributed by atoms with Gasteiger partial charge in [-0.3, -0.25) is 0 Å². The summed E-state index contributed by atoms with van der Waals surface area (Å²) in [5, 5.41) is 0.702. The highest BCUT2D eigenvalue weighted by atomic mass is 35.5. The van der Waals surface area contributed by atoms with E-state index in [0.29, 0.717) is 10.9 Å². The highest BCUT2D eigenvalue weighted by Gasteiger charge is 2.09. The van der Waals surface area contributed by atoms with E-state index >= 15 is 0 Å². The van der Waals surface area contributed by atoms with E-state index in [2.05, 4.69) is 4.98 Å². The molecule has 2 aromatic carbocycles. The van der Waals surface area contributed by atoms with Gasteiger partial charge in [0, 0.05) is 16.7 Å². The lowest BCUT2D eigenvalue weighted by Crippen LogP contribution is -1.76. The largest absolute Gasteiger partial charge is 0.436 e. The van der Waals surface area contributed by atoms with Crippen LogP contribution in [-0.4, -0.2) is 4.98 Å². The fourth-order valence-electron chi connectivity index (χ4n) is 1.76. The van der Waals surface area contributed by atoms with Crippen LogP contribution in [0.1, 0.15) is 5.56 Å². The topological polar surface area (TPSA) is 26.0 Å². The Morgan fingerprint density at radius 2 is 1.88 bits per heavy atom. The van der Waals surface area contributed by atoms with Crippen LogP contribution in [0.3, 0.4) is 0 Å². The quantitative estimate of drug-likeness (QED) is 0.631. The van der Waals surface area contributed by atoms with Crippen LogP contribution in [0.5, 0.6) is 0 Å². The molecule has 0 aliphatic carbocycles. The van der Waals surface area contributed by atoms with Crippen molar-refractivity contribution in [2.24, 2.45) is 0 Å². The van der Waals surface area contributed by atoms with E-state index in [1.807, 2.05) is 49.4 Å².